The Bertz CT molecular complexity index is 2190. The van der Waals surface area contributed by atoms with Gasteiger partial charge in [0.2, 0.25) is 0 Å². The van der Waals surface area contributed by atoms with E-state index in [1.54, 1.807) is 0 Å². The van der Waals surface area contributed by atoms with Gasteiger partial charge in [0.25, 0.3) is 0 Å². The molecule has 1 heterocycles. The lowest BCUT2D eigenvalue weighted by atomic mass is 9.85. The number of hydrazone groups is 1. The Kier molecular flexibility index (Phi) is 7.36. The van der Waals surface area contributed by atoms with Gasteiger partial charge in [-0.25, -0.2) is 15.0 Å². The number of allylic oxidation sites excluding steroid dienone is 5. The van der Waals surface area contributed by atoms with Crippen LogP contribution in [0.4, 0.5) is 5.69 Å². The summed E-state index contributed by atoms with van der Waals surface area (Å²) in [6.07, 6.45) is 11.4. The van der Waals surface area contributed by atoms with Gasteiger partial charge in [0, 0.05) is 28.2 Å². The van der Waals surface area contributed by atoms with E-state index in [1.165, 1.54) is 5.56 Å². The fourth-order valence-electron chi connectivity index (χ4n) is 6.10. The van der Waals surface area contributed by atoms with E-state index in [-0.39, 0.29) is 5.92 Å². The first-order valence-corrected chi connectivity index (χ1v) is 15.7. The Morgan fingerprint density at radius 3 is 1.98 bits per heavy atom. The molecule has 0 saturated heterocycles. The molecule has 6 heteroatoms. The zero-order valence-corrected chi connectivity index (χ0v) is 25.5. The molecule has 0 radical (unpaired) electrons. The van der Waals surface area contributed by atoms with Crippen molar-refractivity contribution in [2.24, 2.45) is 5.10 Å². The Labute approximate surface area is 273 Å². The van der Waals surface area contributed by atoms with E-state index in [9.17, 15) is 0 Å². The molecule has 224 valence electrons. The van der Waals surface area contributed by atoms with Gasteiger partial charge < -0.3 is 0 Å². The van der Waals surface area contributed by atoms with Crippen molar-refractivity contribution in [2.75, 3.05) is 5.43 Å². The summed E-state index contributed by atoms with van der Waals surface area (Å²) in [4.78, 5) is 14.6. The number of anilines is 1. The zero-order chi connectivity index (χ0) is 31.6. The summed E-state index contributed by atoms with van der Waals surface area (Å²) >= 11 is 0. The summed E-state index contributed by atoms with van der Waals surface area (Å²) in [7, 11) is 0. The minimum atomic E-state index is 0.217. The second-order valence-electron chi connectivity index (χ2n) is 11.6. The van der Waals surface area contributed by atoms with Crippen LogP contribution in [0.2, 0.25) is 0 Å². The van der Waals surface area contributed by atoms with Gasteiger partial charge in [0.15, 0.2) is 17.5 Å². The van der Waals surface area contributed by atoms with Crippen LogP contribution in [0.1, 0.15) is 34.9 Å². The van der Waals surface area contributed by atoms with Crippen LogP contribution in [0.5, 0.6) is 0 Å². The lowest BCUT2D eigenvalue weighted by Gasteiger charge is -2.20. The molecular weight excluding hydrogens is 576 g/mol. The van der Waals surface area contributed by atoms with Gasteiger partial charge in [0.05, 0.1) is 11.4 Å². The van der Waals surface area contributed by atoms with Crippen LogP contribution in [0.25, 0.3) is 45.2 Å². The van der Waals surface area contributed by atoms with Crippen LogP contribution in [-0.4, -0.2) is 26.4 Å². The monoisotopic (exact) mass is 606 g/mol. The zero-order valence-electron chi connectivity index (χ0n) is 25.5. The van der Waals surface area contributed by atoms with E-state index in [2.05, 4.69) is 59.1 Å². The molecule has 2 aliphatic rings. The molecule has 0 fully saturated rings. The molecule has 2 N–H and O–H groups in total. The molecule has 6 aromatic rings. The average Bonchev–Trinajstić information content (AvgIpc) is 3.15. The summed E-state index contributed by atoms with van der Waals surface area (Å²) in [5.74, 6) is 2.21. The van der Waals surface area contributed by atoms with E-state index in [0.717, 1.165) is 50.7 Å². The third-order valence-corrected chi connectivity index (χ3v) is 8.57. The molecular formula is C41H30N6. The highest BCUT2D eigenvalue weighted by Crippen LogP contribution is 2.34. The van der Waals surface area contributed by atoms with Crippen LogP contribution >= 0.6 is 0 Å². The van der Waals surface area contributed by atoms with E-state index >= 15 is 0 Å². The van der Waals surface area contributed by atoms with Crippen LogP contribution in [-0.2, 0) is 0 Å². The summed E-state index contributed by atoms with van der Waals surface area (Å²) in [6, 6.07) is 40.7. The maximum atomic E-state index is 9.01. The summed E-state index contributed by atoms with van der Waals surface area (Å²) in [5.41, 5.74) is 11.1. The normalized spacial score (nSPS) is 16.3. The van der Waals surface area contributed by atoms with E-state index in [4.69, 9.17) is 20.4 Å². The minimum absolute atomic E-state index is 0.217. The van der Waals surface area contributed by atoms with Gasteiger partial charge >= 0.3 is 0 Å². The Balaban J connectivity index is 1.07. The first kappa shape index (κ1) is 28.2. The summed E-state index contributed by atoms with van der Waals surface area (Å²) < 4.78 is 0. The van der Waals surface area contributed by atoms with Crippen LogP contribution in [0, 0.1) is 5.41 Å². The van der Waals surface area contributed by atoms with Gasteiger partial charge in [-0.2, -0.15) is 5.10 Å². The first-order valence-electron chi connectivity index (χ1n) is 15.7. The van der Waals surface area contributed by atoms with E-state index in [0.29, 0.717) is 28.9 Å². The summed E-state index contributed by atoms with van der Waals surface area (Å²) in [6.45, 7) is 0. The molecule has 6 nitrogen and oxygen atoms in total. The second-order valence-corrected chi connectivity index (χ2v) is 11.6. The molecule has 0 aliphatic heterocycles. The third-order valence-electron chi connectivity index (χ3n) is 8.57. The highest BCUT2D eigenvalue weighted by molar-refractivity contribution is 6.55. The Morgan fingerprint density at radius 2 is 1.32 bits per heavy atom. The molecule has 0 saturated carbocycles. The van der Waals surface area contributed by atoms with Crippen LogP contribution in [0.3, 0.4) is 0 Å². The van der Waals surface area contributed by atoms with Gasteiger partial charge in [-0.3, -0.25) is 10.8 Å². The number of nitrogens with one attached hydrogen (secondary N) is 2. The molecule has 1 aromatic heterocycles. The molecule has 1 unspecified atom stereocenters. The predicted molar refractivity (Wildman–Crippen MR) is 192 cm³/mol. The molecule has 1 atom stereocenters. The largest absolute Gasteiger partial charge is 0.298 e. The van der Waals surface area contributed by atoms with Crippen molar-refractivity contribution in [1.29, 1.82) is 5.41 Å². The number of nitrogens with zero attached hydrogens (tertiary/aromatic N) is 4. The number of hydrogen-bond donors (Lipinski definition) is 2. The summed E-state index contributed by atoms with van der Waals surface area (Å²) in [5, 5.41) is 15.7. The van der Waals surface area contributed by atoms with Crippen molar-refractivity contribution in [2.45, 2.75) is 12.3 Å². The van der Waals surface area contributed by atoms with E-state index in [1.807, 2.05) is 103 Å². The molecule has 0 bridgehead atoms. The lowest BCUT2D eigenvalue weighted by molar-refractivity contribution is 0.855. The van der Waals surface area contributed by atoms with Gasteiger partial charge in [-0.15, -0.1) is 0 Å². The number of fused-ring (bicyclic) bond motifs is 3. The molecule has 0 amide bonds. The number of rotatable bonds is 6. The molecule has 0 spiro atoms. The quantitative estimate of drug-likeness (QED) is 0.185. The molecule has 8 rings (SSSR count). The SMILES string of the molecule is N=C1/C(=N\Nc2ccccc2)C=Cc2ccc3cc(C4C=CC(c5nc(-c6ccccc6)nc(-c6ccccc6)n5)=CC4)ccc3c21. The predicted octanol–water partition coefficient (Wildman–Crippen LogP) is 9.35. The minimum Gasteiger partial charge on any atom is -0.298 e. The molecule has 2 aliphatic carbocycles. The van der Waals surface area contributed by atoms with Crippen molar-refractivity contribution in [3.63, 3.8) is 0 Å². The van der Waals surface area contributed by atoms with Crippen molar-refractivity contribution in [3.8, 4) is 22.8 Å². The van der Waals surface area contributed by atoms with E-state index < -0.39 is 0 Å². The van der Waals surface area contributed by atoms with Crippen molar-refractivity contribution >= 4 is 39.5 Å². The smallest absolute Gasteiger partial charge is 0.164 e. The lowest BCUT2D eigenvalue weighted by Crippen LogP contribution is -2.18. The Morgan fingerprint density at radius 1 is 0.660 bits per heavy atom. The van der Waals surface area contributed by atoms with Crippen molar-refractivity contribution in [3.05, 3.63) is 168 Å². The van der Waals surface area contributed by atoms with Gasteiger partial charge in [-0.05, 0) is 46.5 Å². The fraction of sp³-hybridized carbons (Fsp3) is 0.0488. The maximum Gasteiger partial charge on any atom is 0.164 e. The van der Waals surface area contributed by atoms with Crippen molar-refractivity contribution in [1.82, 2.24) is 15.0 Å². The molecule has 47 heavy (non-hydrogen) atoms. The average molecular weight is 607 g/mol. The fourth-order valence-corrected chi connectivity index (χ4v) is 6.10. The third kappa shape index (κ3) is 5.69. The number of para-hydroxylation sites is 1. The van der Waals surface area contributed by atoms with Crippen molar-refractivity contribution < 1.29 is 0 Å². The highest BCUT2D eigenvalue weighted by atomic mass is 15.3. The van der Waals surface area contributed by atoms with Crippen LogP contribution < -0.4 is 5.43 Å². The first-order chi connectivity index (χ1) is 23.2. The maximum absolute atomic E-state index is 9.01. The topological polar surface area (TPSA) is 86.9 Å². The van der Waals surface area contributed by atoms with Gasteiger partial charge in [0.1, 0.15) is 5.71 Å². The Hall–Kier alpha value is -6.27. The second kappa shape index (κ2) is 12.3. The van der Waals surface area contributed by atoms with Gasteiger partial charge in [-0.1, -0.05) is 133 Å². The standard InChI is InChI=1S/C41H30N6/c42-38-36(47-46-34-14-8-3-9-15-34)25-23-28-18-21-33-26-32(22-24-35(33)37(28)38)27-16-19-31(20-17-27)41-44-39(29-10-4-1-5-11-29)43-40(45-41)30-12-6-2-7-13-30/h1-16,18-27,42,46H,17H2/b42-38?,47-36-. The number of aromatic nitrogens is 3. The number of benzene rings is 5. The molecule has 5 aromatic carbocycles. The van der Waals surface area contributed by atoms with Crippen LogP contribution in [0.15, 0.2) is 151 Å². The number of hydrogen-bond acceptors (Lipinski definition) is 6. The highest BCUT2D eigenvalue weighted by Gasteiger charge is 2.21.